The van der Waals surface area contributed by atoms with Crippen LogP contribution in [0.3, 0.4) is 0 Å². The minimum absolute atomic E-state index is 0.0112. The van der Waals surface area contributed by atoms with Gasteiger partial charge in [-0.3, -0.25) is 0 Å². The number of rotatable bonds is 3. The van der Waals surface area contributed by atoms with Gasteiger partial charge in [-0.25, -0.2) is 8.78 Å². The second-order valence-corrected chi connectivity index (χ2v) is 5.43. The molecule has 2 rings (SSSR count). The van der Waals surface area contributed by atoms with Gasteiger partial charge in [0.05, 0.1) is 12.1 Å². The Balaban J connectivity index is 1.81. The quantitative estimate of drug-likeness (QED) is 0.810. The first kappa shape index (κ1) is 11.6. The molecule has 0 amide bonds. The number of hydrogen-bond acceptors (Lipinski definition) is 3. The first-order valence-corrected chi connectivity index (χ1v) is 6.59. The molecular formula is C10H17F2NOS. The van der Waals surface area contributed by atoms with Gasteiger partial charge in [0.15, 0.2) is 0 Å². The summed E-state index contributed by atoms with van der Waals surface area (Å²) in [5.74, 6) is 2.17. The minimum atomic E-state index is -2.25. The average Bonchev–Trinajstić information content (AvgIpc) is 2.63. The van der Waals surface area contributed by atoms with Gasteiger partial charge >= 0.3 is 0 Å². The first-order valence-electron chi connectivity index (χ1n) is 5.43. The van der Waals surface area contributed by atoms with Crippen LogP contribution in [0.2, 0.25) is 0 Å². The second kappa shape index (κ2) is 4.97. The zero-order valence-corrected chi connectivity index (χ0v) is 9.49. The molecule has 2 atom stereocenters. The molecule has 15 heavy (non-hydrogen) atoms. The van der Waals surface area contributed by atoms with Crippen LogP contribution >= 0.6 is 11.8 Å². The van der Waals surface area contributed by atoms with E-state index in [4.69, 9.17) is 4.74 Å². The Morgan fingerprint density at radius 1 is 1.53 bits per heavy atom. The molecule has 1 spiro atoms. The lowest BCUT2D eigenvalue weighted by Gasteiger charge is -2.38. The monoisotopic (exact) mass is 237 g/mol. The van der Waals surface area contributed by atoms with Crippen molar-refractivity contribution in [3.8, 4) is 0 Å². The van der Waals surface area contributed by atoms with E-state index in [0.717, 1.165) is 30.8 Å². The van der Waals surface area contributed by atoms with Gasteiger partial charge in [-0.15, -0.1) is 0 Å². The number of ether oxygens (including phenoxy) is 1. The number of halogens is 2. The van der Waals surface area contributed by atoms with Crippen LogP contribution in [0.25, 0.3) is 0 Å². The van der Waals surface area contributed by atoms with Crippen LogP contribution in [-0.2, 0) is 4.74 Å². The largest absolute Gasteiger partial charge is 0.374 e. The van der Waals surface area contributed by atoms with Crippen molar-refractivity contribution in [2.45, 2.75) is 37.3 Å². The molecule has 2 saturated heterocycles. The molecule has 2 heterocycles. The zero-order valence-electron chi connectivity index (χ0n) is 8.68. The Hall–Kier alpha value is 0.130. The van der Waals surface area contributed by atoms with Crippen molar-refractivity contribution in [1.82, 2.24) is 5.32 Å². The van der Waals surface area contributed by atoms with E-state index in [1.54, 1.807) is 0 Å². The molecule has 2 aliphatic heterocycles. The molecule has 2 aliphatic rings. The predicted octanol–water partition coefficient (Wildman–Crippen LogP) is 1.90. The summed E-state index contributed by atoms with van der Waals surface area (Å²) in [4.78, 5) is 0. The van der Waals surface area contributed by atoms with E-state index >= 15 is 0 Å². The lowest BCUT2D eigenvalue weighted by molar-refractivity contribution is -0.0713. The van der Waals surface area contributed by atoms with Crippen molar-refractivity contribution in [2.75, 3.05) is 24.7 Å². The SMILES string of the molecule is FC(F)CNC1CCOC2(CCSC2)C1. The van der Waals surface area contributed by atoms with E-state index in [1.807, 2.05) is 11.8 Å². The van der Waals surface area contributed by atoms with E-state index in [2.05, 4.69) is 5.32 Å². The summed E-state index contributed by atoms with van der Waals surface area (Å²) in [6.07, 6.45) is 0.581. The van der Waals surface area contributed by atoms with Crippen LogP contribution in [0.5, 0.6) is 0 Å². The van der Waals surface area contributed by atoms with E-state index < -0.39 is 6.43 Å². The van der Waals surface area contributed by atoms with Gasteiger partial charge in [0.1, 0.15) is 0 Å². The minimum Gasteiger partial charge on any atom is -0.374 e. The molecule has 0 bridgehead atoms. The molecule has 88 valence electrons. The van der Waals surface area contributed by atoms with Gasteiger partial charge in [0.25, 0.3) is 6.43 Å². The fraction of sp³-hybridized carbons (Fsp3) is 1.00. The normalized spacial score (nSPS) is 36.6. The fourth-order valence-electron chi connectivity index (χ4n) is 2.32. The van der Waals surface area contributed by atoms with E-state index in [0.29, 0.717) is 6.61 Å². The van der Waals surface area contributed by atoms with E-state index in [9.17, 15) is 8.78 Å². The second-order valence-electron chi connectivity index (χ2n) is 4.32. The van der Waals surface area contributed by atoms with Crippen molar-refractivity contribution in [3.63, 3.8) is 0 Å². The van der Waals surface area contributed by atoms with Crippen molar-refractivity contribution < 1.29 is 13.5 Å². The highest BCUT2D eigenvalue weighted by molar-refractivity contribution is 7.99. The molecule has 0 aromatic carbocycles. The zero-order chi connectivity index (χ0) is 10.7. The Kier molecular flexibility index (Phi) is 3.85. The van der Waals surface area contributed by atoms with Crippen LogP contribution in [0, 0.1) is 0 Å². The van der Waals surface area contributed by atoms with Crippen LogP contribution in [0.4, 0.5) is 8.78 Å². The Labute approximate surface area is 93.1 Å². The van der Waals surface area contributed by atoms with E-state index in [-0.39, 0.29) is 18.2 Å². The van der Waals surface area contributed by atoms with Gasteiger partial charge in [-0.1, -0.05) is 0 Å². The third-order valence-corrected chi connectivity index (χ3v) is 4.34. The fourth-order valence-corrected chi connectivity index (χ4v) is 3.70. The molecule has 2 unspecified atom stereocenters. The third kappa shape index (κ3) is 3.04. The van der Waals surface area contributed by atoms with Crippen molar-refractivity contribution in [3.05, 3.63) is 0 Å². The van der Waals surface area contributed by atoms with Gasteiger partial charge < -0.3 is 10.1 Å². The summed E-state index contributed by atoms with van der Waals surface area (Å²) in [6.45, 7) is 0.523. The molecule has 0 aliphatic carbocycles. The maximum absolute atomic E-state index is 12.1. The molecular weight excluding hydrogens is 220 g/mol. The number of thioether (sulfide) groups is 1. The van der Waals surface area contributed by atoms with Gasteiger partial charge in [0, 0.05) is 18.4 Å². The van der Waals surface area contributed by atoms with E-state index in [1.165, 1.54) is 0 Å². The molecule has 0 aromatic heterocycles. The number of alkyl halides is 2. The molecule has 5 heteroatoms. The maximum atomic E-state index is 12.1. The first-order chi connectivity index (χ1) is 7.20. The number of nitrogens with one attached hydrogen (secondary N) is 1. The van der Waals surface area contributed by atoms with Gasteiger partial charge in [0.2, 0.25) is 0 Å². The molecule has 0 radical (unpaired) electrons. The molecule has 2 fully saturated rings. The third-order valence-electron chi connectivity index (χ3n) is 3.12. The highest BCUT2D eigenvalue weighted by Gasteiger charge is 2.40. The molecule has 0 saturated carbocycles. The summed E-state index contributed by atoms with van der Waals surface area (Å²) < 4.78 is 29.9. The highest BCUT2D eigenvalue weighted by atomic mass is 32.2. The molecule has 0 aromatic rings. The van der Waals surface area contributed by atoms with Gasteiger partial charge in [-0.05, 0) is 25.0 Å². The average molecular weight is 237 g/mol. The Bertz CT molecular complexity index is 210. The Morgan fingerprint density at radius 3 is 3.07 bits per heavy atom. The lowest BCUT2D eigenvalue weighted by atomic mass is 9.90. The van der Waals surface area contributed by atoms with Crippen LogP contribution in [0.1, 0.15) is 19.3 Å². The molecule has 1 N–H and O–H groups in total. The topological polar surface area (TPSA) is 21.3 Å². The summed E-state index contributed by atoms with van der Waals surface area (Å²) >= 11 is 1.90. The van der Waals surface area contributed by atoms with Crippen molar-refractivity contribution in [1.29, 1.82) is 0 Å². The summed E-state index contributed by atoms with van der Waals surface area (Å²) in [6, 6.07) is 0.214. The van der Waals surface area contributed by atoms with Gasteiger partial charge in [-0.2, -0.15) is 11.8 Å². The molecule has 2 nitrogen and oxygen atoms in total. The van der Waals surface area contributed by atoms with Crippen LogP contribution in [-0.4, -0.2) is 42.7 Å². The van der Waals surface area contributed by atoms with Crippen LogP contribution < -0.4 is 5.32 Å². The summed E-state index contributed by atoms with van der Waals surface area (Å²) in [7, 11) is 0. The maximum Gasteiger partial charge on any atom is 0.250 e. The van der Waals surface area contributed by atoms with Crippen LogP contribution in [0.15, 0.2) is 0 Å². The number of hydrogen-bond donors (Lipinski definition) is 1. The summed E-state index contributed by atoms with van der Waals surface area (Å²) in [5.41, 5.74) is -0.0112. The predicted molar refractivity (Wildman–Crippen MR) is 57.7 cm³/mol. The standard InChI is InChI=1S/C10H17F2NOS/c11-9(12)6-13-8-1-3-14-10(5-8)2-4-15-7-10/h8-9,13H,1-7H2. The lowest BCUT2D eigenvalue weighted by Crippen LogP contribution is -2.48. The van der Waals surface area contributed by atoms with Crippen molar-refractivity contribution >= 4 is 11.8 Å². The Morgan fingerprint density at radius 2 is 2.40 bits per heavy atom. The highest BCUT2D eigenvalue weighted by Crippen LogP contribution is 2.38. The smallest absolute Gasteiger partial charge is 0.250 e. The summed E-state index contributed by atoms with van der Waals surface area (Å²) in [5, 5.41) is 2.93. The van der Waals surface area contributed by atoms with Crippen molar-refractivity contribution in [2.24, 2.45) is 0 Å².